The second-order valence-electron chi connectivity index (χ2n) is 8.56. The fraction of sp³-hybridized carbons (Fsp3) is 0.531. The zero-order chi connectivity index (χ0) is 32.8. The van der Waals surface area contributed by atoms with Crippen LogP contribution in [0.15, 0.2) is 58.3 Å². The number of ketones is 3. The van der Waals surface area contributed by atoms with E-state index in [0.717, 1.165) is 42.3 Å². The number of carbonyl (C=O) groups is 3. The number of hydrogen-bond acceptors (Lipinski definition) is 10. The molecule has 0 aliphatic carbocycles. The lowest BCUT2D eigenvalue weighted by molar-refractivity contribution is -0.114. The third kappa shape index (κ3) is 13.9. The normalized spacial score (nSPS) is 15.3. The van der Waals surface area contributed by atoms with Crippen molar-refractivity contribution in [2.24, 2.45) is 0 Å². The predicted molar refractivity (Wildman–Crippen MR) is 182 cm³/mol. The lowest BCUT2D eigenvalue weighted by atomic mass is 10.0. The molecule has 1 spiro atoms. The van der Waals surface area contributed by atoms with Crippen LogP contribution in [0.1, 0.15) is 82.0 Å². The number of ether oxygens (including phenoxy) is 1. The summed E-state index contributed by atoms with van der Waals surface area (Å²) in [4.78, 5) is 35.1. The molecule has 2 N–H and O–H groups in total. The van der Waals surface area contributed by atoms with Crippen LogP contribution in [0, 0.1) is 0 Å². The van der Waals surface area contributed by atoms with Gasteiger partial charge in [-0.1, -0.05) is 81.7 Å². The molecule has 2 aliphatic heterocycles. The Morgan fingerprint density at radius 3 is 1.53 bits per heavy atom. The molecule has 2 aromatic rings. The van der Waals surface area contributed by atoms with Crippen molar-refractivity contribution in [1.82, 2.24) is 8.61 Å². The van der Waals surface area contributed by atoms with Gasteiger partial charge in [-0.2, -0.15) is 0 Å². The summed E-state index contributed by atoms with van der Waals surface area (Å²) in [7, 11) is 0. The molecule has 2 aromatic carbocycles. The predicted octanol–water partition coefficient (Wildman–Crippen LogP) is 6.92. The van der Waals surface area contributed by atoms with E-state index in [9.17, 15) is 14.4 Å². The molecule has 0 amide bonds. The summed E-state index contributed by atoms with van der Waals surface area (Å²) < 4.78 is 10.8. The zero-order valence-electron chi connectivity index (χ0n) is 26.6. The van der Waals surface area contributed by atoms with Gasteiger partial charge in [-0.05, 0) is 55.1 Å². The average molecular weight is 702 g/mol. The molecule has 0 radical (unpaired) electrons. The molecule has 0 aromatic heterocycles. The maximum atomic E-state index is 11.6. The third-order valence-electron chi connectivity index (χ3n) is 5.90. The van der Waals surface area contributed by atoms with Crippen molar-refractivity contribution in [1.29, 1.82) is 0 Å². The van der Waals surface area contributed by atoms with Gasteiger partial charge in [-0.15, -0.1) is 0 Å². The van der Waals surface area contributed by atoms with Crippen molar-refractivity contribution < 1.29 is 29.3 Å². The molecule has 0 bridgehead atoms. The number of benzene rings is 2. The van der Waals surface area contributed by atoms with Gasteiger partial charge in [0, 0.05) is 53.4 Å². The van der Waals surface area contributed by atoms with Crippen molar-refractivity contribution in [3.05, 3.63) is 59.7 Å². The number of aliphatic hydroxyl groups excluding tert-OH is 2. The number of nitrogens with zero attached hydrogens (tertiary/aromatic N) is 2. The second kappa shape index (κ2) is 23.8. The average Bonchev–Trinajstić information content (AvgIpc) is 3.46. The molecule has 43 heavy (non-hydrogen) atoms. The first kappa shape index (κ1) is 41.4. The molecule has 2 fully saturated rings. The fourth-order valence-corrected chi connectivity index (χ4v) is 5.91. The molecular formula is C32H49BrN2O6S2. The van der Waals surface area contributed by atoms with E-state index in [-0.39, 0.29) is 23.1 Å². The zero-order valence-corrected chi connectivity index (χ0v) is 29.8. The molecule has 2 saturated heterocycles. The molecule has 2 heterocycles. The number of aliphatic hydroxyl groups is 2. The molecule has 0 unspecified atom stereocenters. The summed E-state index contributed by atoms with van der Waals surface area (Å²) in [5, 5.41) is 18.5. The highest BCUT2D eigenvalue weighted by molar-refractivity contribution is 9.09. The number of Topliss-reactive ketones (excluding diaryl/α,β-unsaturated/α-hetero) is 3. The Hall–Kier alpha value is -1.57. The largest absolute Gasteiger partial charge is 0.388 e. The van der Waals surface area contributed by atoms with Crippen molar-refractivity contribution in [2.45, 2.75) is 76.8 Å². The summed E-state index contributed by atoms with van der Waals surface area (Å²) in [6.45, 7) is 15.9. The summed E-state index contributed by atoms with van der Waals surface area (Å²) in [5.41, 5.74) is 0.747. The Bertz CT molecular complexity index is 1060. The number of hydrogen-bond donors (Lipinski definition) is 2. The van der Waals surface area contributed by atoms with Gasteiger partial charge in [-0.3, -0.25) is 14.4 Å². The van der Waals surface area contributed by atoms with Crippen LogP contribution in [0.25, 0.3) is 0 Å². The van der Waals surface area contributed by atoms with Gasteiger partial charge in [0.1, 0.15) is 24.7 Å². The highest BCUT2D eigenvalue weighted by Gasteiger charge is 2.45. The summed E-state index contributed by atoms with van der Waals surface area (Å²) in [5.74, 6) is -0.376. The van der Waals surface area contributed by atoms with Crippen LogP contribution in [0.5, 0.6) is 0 Å². The molecule has 11 heteroatoms. The number of piperidine rings is 1. The van der Waals surface area contributed by atoms with Crippen LogP contribution in [0.4, 0.5) is 0 Å². The molecule has 0 atom stereocenters. The first-order valence-corrected chi connectivity index (χ1v) is 17.5. The Kier molecular flexibility index (Phi) is 22.9. The second-order valence-corrected chi connectivity index (χ2v) is 11.4. The van der Waals surface area contributed by atoms with Gasteiger partial charge in [0.15, 0.2) is 11.6 Å². The molecule has 2 aliphatic rings. The molecule has 4 rings (SSSR count). The van der Waals surface area contributed by atoms with Crippen LogP contribution in [-0.2, 0) is 9.53 Å². The monoisotopic (exact) mass is 700 g/mol. The van der Waals surface area contributed by atoms with Crippen LogP contribution in [0.2, 0.25) is 0 Å². The maximum absolute atomic E-state index is 11.6. The highest BCUT2D eigenvalue weighted by atomic mass is 79.9. The fourth-order valence-electron chi connectivity index (χ4n) is 3.91. The third-order valence-corrected chi connectivity index (χ3v) is 9.02. The number of carbonyl (C=O) groups excluding carboxylic acids is 3. The van der Waals surface area contributed by atoms with Gasteiger partial charge < -0.3 is 14.9 Å². The van der Waals surface area contributed by atoms with Gasteiger partial charge in [0.2, 0.25) is 0 Å². The number of alkyl halides is 1. The van der Waals surface area contributed by atoms with E-state index in [0.29, 0.717) is 23.1 Å². The minimum atomic E-state index is -0.477. The SMILES string of the molecule is CC.CC.CC.CC(=O)CBr.O=C(CO)c1ccc(SN2CCC3(CC2)OCCN3Sc2ccc(C(=O)CO)cc2)cc1. The van der Waals surface area contributed by atoms with Crippen LogP contribution >= 0.6 is 39.8 Å². The Morgan fingerprint density at radius 1 is 0.767 bits per heavy atom. The Morgan fingerprint density at radius 2 is 1.16 bits per heavy atom. The van der Waals surface area contributed by atoms with E-state index >= 15 is 0 Å². The van der Waals surface area contributed by atoms with Crippen molar-refractivity contribution in [3.8, 4) is 0 Å². The lowest BCUT2D eigenvalue weighted by Crippen LogP contribution is -2.49. The van der Waals surface area contributed by atoms with Crippen molar-refractivity contribution >= 4 is 57.2 Å². The van der Waals surface area contributed by atoms with E-state index in [4.69, 9.17) is 14.9 Å². The van der Waals surface area contributed by atoms with Crippen LogP contribution < -0.4 is 0 Å². The van der Waals surface area contributed by atoms with Gasteiger partial charge >= 0.3 is 0 Å². The highest BCUT2D eigenvalue weighted by Crippen LogP contribution is 2.42. The van der Waals surface area contributed by atoms with E-state index in [1.807, 2.05) is 65.8 Å². The van der Waals surface area contributed by atoms with Crippen LogP contribution in [0.3, 0.4) is 0 Å². The number of halogens is 1. The minimum Gasteiger partial charge on any atom is -0.388 e. The summed E-state index contributed by atoms with van der Waals surface area (Å²) >= 11 is 6.29. The van der Waals surface area contributed by atoms with E-state index in [2.05, 4.69) is 24.5 Å². The minimum absolute atomic E-state index is 0.171. The quantitative estimate of drug-likeness (QED) is 0.163. The van der Waals surface area contributed by atoms with E-state index < -0.39 is 13.2 Å². The number of rotatable bonds is 9. The summed E-state index contributed by atoms with van der Waals surface area (Å²) in [6.07, 6.45) is 1.77. The van der Waals surface area contributed by atoms with Gasteiger partial charge in [-0.25, -0.2) is 8.61 Å². The van der Waals surface area contributed by atoms with Gasteiger partial charge in [0.05, 0.1) is 11.9 Å². The topological polar surface area (TPSA) is 107 Å². The standard InChI is InChI=1S/C23H26N2O5S2.C3H5BrO.3C2H6/c26-15-21(28)17-1-5-19(6-2-17)31-24-11-9-23(10-12-24)25(13-14-30-23)32-20-7-3-18(4-8-20)22(29)16-27;1-3(5)2-4;3*1-2/h1-8,26-27H,9-16H2;2H2,1H3;3*1-2H3. The van der Waals surface area contributed by atoms with Crippen molar-refractivity contribution in [3.63, 3.8) is 0 Å². The first-order chi connectivity index (χ1) is 20.8. The Balaban J connectivity index is 0.00000141. The van der Waals surface area contributed by atoms with E-state index in [1.165, 1.54) is 6.92 Å². The first-order valence-electron chi connectivity index (χ1n) is 14.9. The smallest absolute Gasteiger partial charge is 0.188 e. The molecule has 0 saturated carbocycles. The molecular weight excluding hydrogens is 652 g/mol. The van der Waals surface area contributed by atoms with Gasteiger partial charge in [0.25, 0.3) is 0 Å². The maximum Gasteiger partial charge on any atom is 0.188 e. The van der Waals surface area contributed by atoms with E-state index in [1.54, 1.807) is 48.2 Å². The summed E-state index contributed by atoms with van der Waals surface area (Å²) in [6, 6.07) is 14.7. The molecule has 242 valence electrons. The Labute approximate surface area is 275 Å². The van der Waals surface area contributed by atoms with Crippen LogP contribution in [-0.4, -0.2) is 86.7 Å². The molecule has 8 nitrogen and oxygen atoms in total. The van der Waals surface area contributed by atoms with Crippen molar-refractivity contribution in [2.75, 3.05) is 44.8 Å². The lowest BCUT2D eigenvalue weighted by Gasteiger charge is -2.42.